The quantitative estimate of drug-likeness (QED) is 0.426. The molecule has 5 nitrogen and oxygen atoms in total. The minimum atomic E-state index is -0.187. The number of carbonyl (C=O) groups is 2. The molecular formula is C14H23AlO5. The van der Waals surface area contributed by atoms with Crippen LogP contribution in [0.1, 0.15) is 41.5 Å². The predicted molar refractivity (Wildman–Crippen MR) is 75.4 cm³/mol. The van der Waals surface area contributed by atoms with Crippen molar-refractivity contribution in [3.63, 3.8) is 0 Å². The molecule has 0 rings (SSSR count). The van der Waals surface area contributed by atoms with E-state index in [-0.39, 0.29) is 23.1 Å². The zero-order chi connectivity index (χ0) is 16.7. The first-order valence-corrected chi connectivity index (χ1v) is 6.53. The molecule has 0 unspecified atom stereocenters. The molecule has 0 saturated heterocycles. The first kappa shape index (κ1) is 24.0. The molecule has 0 heterocycles. The molecule has 0 N–H and O–H groups in total. The van der Waals surface area contributed by atoms with Crippen LogP contribution in [-0.4, -0.2) is 34.8 Å². The van der Waals surface area contributed by atoms with Gasteiger partial charge in [-0.05, 0) is 26.0 Å². The third kappa shape index (κ3) is 43.6. The molecule has 6 heteroatoms. The van der Waals surface area contributed by atoms with Crippen molar-refractivity contribution in [3.8, 4) is 0 Å². The zero-order valence-corrected chi connectivity index (χ0v) is 14.2. The Morgan fingerprint density at radius 2 is 1.30 bits per heavy atom. The first-order chi connectivity index (χ1) is 9.02. The summed E-state index contributed by atoms with van der Waals surface area (Å²) < 4.78 is 4.72. The van der Waals surface area contributed by atoms with E-state index in [9.17, 15) is 19.8 Å². The van der Waals surface area contributed by atoms with E-state index in [4.69, 9.17) is 3.79 Å². The molecule has 0 aliphatic heterocycles. The van der Waals surface area contributed by atoms with Gasteiger partial charge in [-0.1, -0.05) is 13.8 Å². The Hall–Kier alpha value is -1.09. The monoisotopic (exact) mass is 298 g/mol. The number of carbonyl (C=O) groups excluding carboxylic acids is 2. The summed E-state index contributed by atoms with van der Waals surface area (Å²) in [4.78, 5) is 20.0. The Labute approximate surface area is 130 Å². The van der Waals surface area contributed by atoms with E-state index in [0.717, 1.165) is 18.8 Å². The van der Waals surface area contributed by atoms with Crippen LogP contribution in [0.4, 0.5) is 0 Å². The van der Waals surface area contributed by atoms with Gasteiger partial charge in [0.2, 0.25) is 0 Å². The molecule has 0 aromatic rings. The third-order valence-corrected chi connectivity index (χ3v) is 1.44. The maximum atomic E-state index is 9.98. The van der Waals surface area contributed by atoms with Gasteiger partial charge in [0.15, 0.2) is 11.6 Å². The van der Waals surface area contributed by atoms with Gasteiger partial charge in [-0.3, -0.25) is 9.59 Å². The summed E-state index contributed by atoms with van der Waals surface area (Å²) in [5, 5.41) is 20.0. The van der Waals surface area contributed by atoms with Gasteiger partial charge in [-0.15, -0.1) is 11.5 Å². The summed E-state index contributed by atoms with van der Waals surface area (Å²) >= 11 is 2.22. The number of hydrogen-bond donors (Lipinski definition) is 0. The fourth-order valence-corrected chi connectivity index (χ4v) is 1.15. The van der Waals surface area contributed by atoms with Crippen LogP contribution in [-0.2, 0) is 13.4 Å². The van der Waals surface area contributed by atoms with Crippen LogP contribution in [0, 0.1) is 5.92 Å². The normalized spacial score (nSPS) is 11.1. The van der Waals surface area contributed by atoms with Crippen LogP contribution in [0.25, 0.3) is 0 Å². The van der Waals surface area contributed by atoms with Crippen LogP contribution < -0.4 is 10.2 Å². The Balaban J connectivity index is -0.000000218. The van der Waals surface area contributed by atoms with Gasteiger partial charge in [0, 0.05) is 0 Å². The van der Waals surface area contributed by atoms with Crippen molar-refractivity contribution in [1.82, 2.24) is 0 Å². The van der Waals surface area contributed by atoms with Gasteiger partial charge >= 0.3 is 46.8 Å². The van der Waals surface area contributed by atoms with E-state index >= 15 is 0 Å². The Bertz CT molecular complexity index is 296. The summed E-state index contributed by atoms with van der Waals surface area (Å²) in [5.41, 5.74) is 0. The molecule has 0 fully saturated rings. The molecule has 0 atom stereocenters. The van der Waals surface area contributed by atoms with E-state index in [1.54, 1.807) is 0 Å². The van der Waals surface area contributed by atoms with Crippen molar-refractivity contribution in [2.75, 3.05) is 6.61 Å². The standard InChI is InChI=1S/2C5H8O2.C4H9O.Al/c2*1-4(6)3-5(2)7;1-4(2)3-5;/h2*3,6H,1-2H3;4H,3H2,1-2H3;/q;;-1;+3/p-2/b2*4-3-;;. The molecule has 0 radical (unpaired) electrons. The summed E-state index contributed by atoms with van der Waals surface area (Å²) in [7, 11) is 0. The van der Waals surface area contributed by atoms with Gasteiger partial charge in [0.1, 0.15) is 0 Å². The minimum absolute atomic E-state index is 0.187. The average Bonchev–Trinajstić information content (AvgIpc) is 2.13. The van der Waals surface area contributed by atoms with Crippen LogP contribution in [0.5, 0.6) is 0 Å². The van der Waals surface area contributed by atoms with Crippen molar-refractivity contribution >= 4 is 28.2 Å². The first-order valence-electron chi connectivity index (χ1n) is 6.06. The van der Waals surface area contributed by atoms with Gasteiger partial charge in [0.25, 0.3) is 0 Å². The molecule has 0 amide bonds. The van der Waals surface area contributed by atoms with E-state index in [2.05, 4.69) is 30.5 Å². The summed E-state index contributed by atoms with van der Waals surface area (Å²) in [6.07, 6.45) is 2.11. The molecule has 0 bridgehead atoms. The Kier molecular flexibility index (Phi) is 19.1. The second-order valence-corrected chi connectivity index (χ2v) is 4.79. The van der Waals surface area contributed by atoms with E-state index in [1.165, 1.54) is 27.7 Å². The number of ketones is 2. The molecule has 20 heavy (non-hydrogen) atoms. The van der Waals surface area contributed by atoms with Crippen molar-refractivity contribution in [3.05, 3.63) is 23.7 Å². The van der Waals surface area contributed by atoms with Crippen LogP contribution >= 0.6 is 0 Å². The summed E-state index contributed by atoms with van der Waals surface area (Å²) in [5.74, 6) is -0.0949. The fourth-order valence-electron chi connectivity index (χ4n) is 0.765. The molecule has 0 aliphatic rings. The van der Waals surface area contributed by atoms with Crippen LogP contribution in [0.2, 0.25) is 0 Å². The van der Waals surface area contributed by atoms with Gasteiger partial charge in [0.05, 0.1) is 0 Å². The van der Waals surface area contributed by atoms with E-state index in [1.807, 2.05) is 0 Å². The molecule has 112 valence electrons. The van der Waals surface area contributed by atoms with Crippen molar-refractivity contribution in [2.45, 2.75) is 41.5 Å². The molecule has 0 saturated carbocycles. The fraction of sp³-hybridized carbons (Fsp3) is 0.571. The van der Waals surface area contributed by atoms with Crippen molar-refractivity contribution in [2.24, 2.45) is 5.92 Å². The molecule has 0 spiro atoms. The number of allylic oxidation sites excluding steroid dienone is 4. The second-order valence-electron chi connectivity index (χ2n) is 4.46. The molecule has 0 aliphatic carbocycles. The predicted octanol–water partition coefficient (Wildman–Crippen LogP) is 0.421. The summed E-state index contributed by atoms with van der Waals surface area (Å²) in [6, 6.07) is 0. The van der Waals surface area contributed by atoms with Crippen LogP contribution in [0.15, 0.2) is 23.7 Å². The SMILES string of the molecule is CC(=O)/C=C(/C)[O-].CC(=O)/C=C(/C)[O-].CC(C)C[O][Al+2]. The Morgan fingerprint density at radius 1 is 1.00 bits per heavy atom. The van der Waals surface area contributed by atoms with Crippen molar-refractivity contribution < 1.29 is 23.6 Å². The topological polar surface area (TPSA) is 89.5 Å². The van der Waals surface area contributed by atoms with E-state index < -0.39 is 0 Å². The zero-order valence-electron chi connectivity index (χ0n) is 13.1. The molecular weight excluding hydrogens is 275 g/mol. The molecule has 0 aromatic carbocycles. The second kappa shape index (κ2) is 16.0. The van der Waals surface area contributed by atoms with Crippen molar-refractivity contribution in [1.29, 1.82) is 0 Å². The third-order valence-electron chi connectivity index (χ3n) is 1.24. The van der Waals surface area contributed by atoms with Gasteiger partial charge in [-0.25, -0.2) is 0 Å². The van der Waals surface area contributed by atoms with E-state index in [0.29, 0.717) is 5.92 Å². The molecule has 0 aromatic heterocycles. The number of rotatable bonds is 4. The summed E-state index contributed by atoms with van der Waals surface area (Å²) in [6.45, 7) is 10.5. The van der Waals surface area contributed by atoms with Gasteiger partial charge in [-0.2, -0.15) is 0 Å². The Morgan fingerprint density at radius 3 is 1.30 bits per heavy atom. The maximum absolute atomic E-state index is 9.98. The average molecular weight is 298 g/mol. The van der Waals surface area contributed by atoms with Crippen LogP contribution in [0.3, 0.4) is 0 Å². The van der Waals surface area contributed by atoms with Gasteiger partial charge < -0.3 is 10.2 Å². The number of hydrogen-bond acceptors (Lipinski definition) is 5.